The summed E-state index contributed by atoms with van der Waals surface area (Å²) in [5.41, 5.74) is 3.15. The number of halogens is 1. The van der Waals surface area contributed by atoms with Crippen LogP contribution < -0.4 is 0 Å². The fourth-order valence-electron chi connectivity index (χ4n) is 1.47. The maximum Gasteiger partial charge on any atom is 0.188 e. The van der Waals surface area contributed by atoms with Crippen LogP contribution in [0.4, 0.5) is 0 Å². The molecule has 0 bridgehead atoms. The minimum absolute atomic E-state index is 0.802. The lowest BCUT2D eigenvalue weighted by atomic mass is 10.4. The van der Waals surface area contributed by atoms with Gasteiger partial charge in [-0.25, -0.2) is 9.97 Å². The Morgan fingerprint density at radius 2 is 2.18 bits per heavy atom. The molecule has 17 heavy (non-hydrogen) atoms. The van der Waals surface area contributed by atoms with Gasteiger partial charge in [-0.3, -0.25) is 4.68 Å². The van der Waals surface area contributed by atoms with Gasteiger partial charge >= 0.3 is 0 Å². The van der Waals surface area contributed by atoms with Gasteiger partial charge in [0, 0.05) is 24.7 Å². The first-order valence-corrected chi connectivity index (χ1v) is 6.96. The van der Waals surface area contributed by atoms with Crippen LogP contribution in [0.25, 0.3) is 0 Å². The van der Waals surface area contributed by atoms with Gasteiger partial charge in [0.25, 0.3) is 0 Å². The summed E-state index contributed by atoms with van der Waals surface area (Å²) in [6.45, 7) is 3.96. The Morgan fingerprint density at radius 1 is 1.41 bits per heavy atom. The van der Waals surface area contributed by atoms with Crippen molar-refractivity contribution in [3.8, 4) is 0 Å². The lowest BCUT2D eigenvalue weighted by Crippen LogP contribution is -1.97. The van der Waals surface area contributed by atoms with Gasteiger partial charge in [-0.05, 0) is 35.8 Å². The first-order chi connectivity index (χ1) is 8.08. The highest BCUT2D eigenvalue weighted by Crippen LogP contribution is 2.26. The van der Waals surface area contributed by atoms with Crippen LogP contribution in [-0.2, 0) is 12.8 Å². The predicted octanol–water partition coefficient (Wildman–Crippen LogP) is 2.88. The normalized spacial score (nSPS) is 10.8. The highest BCUT2D eigenvalue weighted by atomic mass is 79.9. The number of thioether (sulfide) groups is 1. The zero-order chi connectivity index (χ0) is 12.4. The zero-order valence-electron chi connectivity index (χ0n) is 9.94. The minimum atomic E-state index is 0.802. The Kier molecular flexibility index (Phi) is 3.83. The summed E-state index contributed by atoms with van der Waals surface area (Å²) in [7, 11) is 1.95. The number of hydrogen-bond acceptors (Lipinski definition) is 4. The van der Waals surface area contributed by atoms with E-state index in [1.54, 1.807) is 18.0 Å². The molecule has 0 spiro atoms. The van der Waals surface area contributed by atoms with Crippen molar-refractivity contribution in [1.29, 1.82) is 0 Å². The number of nitrogens with zero attached hydrogens (tertiary/aromatic N) is 4. The van der Waals surface area contributed by atoms with E-state index in [1.165, 1.54) is 0 Å². The van der Waals surface area contributed by atoms with E-state index in [2.05, 4.69) is 31.0 Å². The van der Waals surface area contributed by atoms with Gasteiger partial charge in [-0.15, -0.1) is 0 Å². The maximum absolute atomic E-state index is 4.36. The molecule has 0 aromatic carbocycles. The summed E-state index contributed by atoms with van der Waals surface area (Å²) in [6, 6.07) is 1.90. The van der Waals surface area contributed by atoms with Crippen LogP contribution in [0.2, 0.25) is 0 Å². The van der Waals surface area contributed by atoms with Gasteiger partial charge in [0.05, 0.1) is 15.9 Å². The molecule has 2 heterocycles. The summed E-state index contributed by atoms with van der Waals surface area (Å²) >= 11 is 5.17. The highest BCUT2D eigenvalue weighted by molar-refractivity contribution is 9.10. The molecule has 0 atom stereocenters. The zero-order valence-corrected chi connectivity index (χ0v) is 12.3. The molecular weight excluding hydrogens is 300 g/mol. The molecule has 0 N–H and O–H groups in total. The van der Waals surface area contributed by atoms with Crippen molar-refractivity contribution in [2.24, 2.45) is 7.05 Å². The summed E-state index contributed by atoms with van der Waals surface area (Å²) in [5, 5.41) is 5.16. The summed E-state index contributed by atoms with van der Waals surface area (Å²) < 4.78 is 2.96. The molecular formula is C11H13BrN4S. The monoisotopic (exact) mass is 312 g/mol. The molecule has 0 fully saturated rings. The van der Waals surface area contributed by atoms with E-state index in [4.69, 9.17) is 0 Å². The van der Waals surface area contributed by atoms with E-state index >= 15 is 0 Å². The number of hydrogen-bond donors (Lipinski definition) is 0. The van der Waals surface area contributed by atoms with Crippen molar-refractivity contribution in [3.05, 3.63) is 33.8 Å². The van der Waals surface area contributed by atoms with E-state index in [9.17, 15) is 0 Å². The molecule has 0 aliphatic rings. The molecule has 0 radical (unpaired) electrons. The second-order valence-corrected chi connectivity index (χ2v) is 5.47. The molecule has 0 saturated carbocycles. The lowest BCUT2D eigenvalue weighted by molar-refractivity contribution is 0.726. The Labute approximate surface area is 113 Å². The van der Waals surface area contributed by atoms with Gasteiger partial charge in [-0.1, -0.05) is 11.8 Å². The molecule has 0 unspecified atom stereocenters. The Hall–Kier alpha value is -0.880. The van der Waals surface area contributed by atoms with E-state index in [0.717, 1.165) is 32.5 Å². The topological polar surface area (TPSA) is 43.6 Å². The standard InChI is InChI=1S/C11H13BrN4S/c1-7-4-5-13-11(14-7)17-6-9-10(12)8(2)15-16(9)3/h4-5H,6H2,1-3H3. The molecule has 90 valence electrons. The van der Waals surface area contributed by atoms with Crippen molar-refractivity contribution in [2.45, 2.75) is 24.8 Å². The third-order valence-corrected chi connectivity index (χ3v) is 4.28. The molecule has 6 heteroatoms. The third kappa shape index (κ3) is 2.87. The van der Waals surface area contributed by atoms with Crippen molar-refractivity contribution < 1.29 is 0 Å². The van der Waals surface area contributed by atoms with Gasteiger partial charge in [0.1, 0.15) is 0 Å². The van der Waals surface area contributed by atoms with Crippen molar-refractivity contribution >= 4 is 27.7 Å². The van der Waals surface area contributed by atoms with Crippen molar-refractivity contribution in [3.63, 3.8) is 0 Å². The molecule has 2 aromatic rings. The smallest absolute Gasteiger partial charge is 0.188 e. The quantitative estimate of drug-likeness (QED) is 0.645. The highest BCUT2D eigenvalue weighted by Gasteiger charge is 2.11. The van der Waals surface area contributed by atoms with E-state index < -0.39 is 0 Å². The Morgan fingerprint density at radius 3 is 2.76 bits per heavy atom. The first-order valence-electron chi connectivity index (χ1n) is 5.18. The predicted molar refractivity (Wildman–Crippen MR) is 72.0 cm³/mol. The van der Waals surface area contributed by atoms with Gasteiger partial charge in [0.2, 0.25) is 0 Å². The van der Waals surface area contributed by atoms with Crippen molar-refractivity contribution in [2.75, 3.05) is 0 Å². The maximum atomic E-state index is 4.36. The Bertz CT molecular complexity index is 538. The second-order valence-electron chi connectivity index (χ2n) is 3.74. The first kappa shape index (κ1) is 12.6. The molecule has 0 aliphatic carbocycles. The number of aromatic nitrogens is 4. The fourth-order valence-corrected chi connectivity index (χ4v) is 3.07. The summed E-state index contributed by atoms with van der Waals surface area (Å²) in [6.07, 6.45) is 1.79. The average molecular weight is 313 g/mol. The lowest BCUT2D eigenvalue weighted by Gasteiger charge is -2.02. The minimum Gasteiger partial charge on any atom is -0.270 e. The molecule has 0 saturated heterocycles. The van der Waals surface area contributed by atoms with Crippen LogP contribution in [-0.4, -0.2) is 19.7 Å². The van der Waals surface area contributed by atoms with E-state index in [1.807, 2.05) is 31.6 Å². The molecule has 2 rings (SSSR count). The summed E-state index contributed by atoms with van der Waals surface area (Å²) in [4.78, 5) is 8.59. The van der Waals surface area contributed by atoms with Crippen LogP contribution in [0.3, 0.4) is 0 Å². The van der Waals surface area contributed by atoms with E-state index in [-0.39, 0.29) is 0 Å². The van der Waals surface area contributed by atoms with Crippen LogP contribution in [0, 0.1) is 13.8 Å². The van der Waals surface area contributed by atoms with Crippen molar-refractivity contribution in [1.82, 2.24) is 19.7 Å². The van der Waals surface area contributed by atoms with Gasteiger partial charge in [0.15, 0.2) is 5.16 Å². The molecule has 2 aromatic heterocycles. The molecule has 0 aliphatic heterocycles. The molecule has 0 amide bonds. The van der Waals surface area contributed by atoms with E-state index in [0.29, 0.717) is 0 Å². The second kappa shape index (κ2) is 5.18. The average Bonchev–Trinajstić information content (AvgIpc) is 2.51. The fraction of sp³-hybridized carbons (Fsp3) is 0.364. The largest absolute Gasteiger partial charge is 0.270 e. The number of rotatable bonds is 3. The van der Waals surface area contributed by atoms with Crippen LogP contribution in [0.15, 0.2) is 21.9 Å². The van der Waals surface area contributed by atoms with Crippen LogP contribution in [0.1, 0.15) is 17.1 Å². The van der Waals surface area contributed by atoms with Gasteiger partial charge < -0.3 is 0 Å². The van der Waals surface area contributed by atoms with Crippen LogP contribution >= 0.6 is 27.7 Å². The number of aryl methyl sites for hydroxylation is 3. The SMILES string of the molecule is Cc1ccnc(SCc2c(Br)c(C)nn2C)n1. The van der Waals surface area contributed by atoms with Gasteiger partial charge in [-0.2, -0.15) is 5.10 Å². The summed E-state index contributed by atoms with van der Waals surface area (Å²) in [5.74, 6) is 0.807. The molecule has 4 nitrogen and oxygen atoms in total. The third-order valence-electron chi connectivity index (χ3n) is 2.37. The Balaban J connectivity index is 2.12. The van der Waals surface area contributed by atoms with Crippen LogP contribution in [0.5, 0.6) is 0 Å².